The Labute approximate surface area is 183 Å². The molecule has 6 nitrogen and oxygen atoms in total. The number of pyridine rings is 1. The highest BCUT2D eigenvalue weighted by Crippen LogP contribution is 2.30. The first-order valence-electron chi connectivity index (χ1n) is 9.51. The van der Waals surface area contributed by atoms with Crippen LogP contribution in [0.4, 0.5) is 23.2 Å². The van der Waals surface area contributed by atoms with E-state index in [4.69, 9.17) is 0 Å². The van der Waals surface area contributed by atoms with Gasteiger partial charge in [-0.2, -0.15) is 13.2 Å². The number of amides is 1. The molecule has 1 atom stereocenters. The fraction of sp³-hybridized carbons (Fsp3) is 0.333. The summed E-state index contributed by atoms with van der Waals surface area (Å²) in [4.78, 5) is 15.9. The second-order valence-electron chi connectivity index (χ2n) is 7.50. The number of halogens is 4. The monoisotopic (exact) mass is 473 g/mol. The van der Waals surface area contributed by atoms with Crippen LogP contribution in [-0.4, -0.2) is 25.6 Å². The highest BCUT2D eigenvalue weighted by molar-refractivity contribution is 7.92. The van der Waals surface area contributed by atoms with Crippen molar-refractivity contribution >= 4 is 27.7 Å². The van der Waals surface area contributed by atoms with Crippen molar-refractivity contribution in [3.8, 4) is 0 Å². The minimum Gasteiger partial charge on any atom is -0.346 e. The molecule has 0 aliphatic heterocycles. The lowest BCUT2D eigenvalue weighted by molar-refractivity contribution is -0.141. The zero-order chi connectivity index (χ0) is 24.3. The molecule has 1 amide bonds. The van der Waals surface area contributed by atoms with Gasteiger partial charge in [0.15, 0.2) is 0 Å². The largest absolute Gasteiger partial charge is 0.433 e. The summed E-state index contributed by atoms with van der Waals surface area (Å²) in [5.41, 5.74) is -0.258. The van der Waals surface area contributed by atoms with Crippen LogP contribution in [0.1, 0.15) is 55.2 Å². The van der Waals surface area contributed by atoms with Crippen LogP contribution in [0.3, 0.4) is 0 Å². The maximum Gasteiger partial charge on any atom is 0.433 e. The summed E-state index contributed by atoms with van der Waals surface area (Å²) in [5, 5.41) is 2.61. The number of rotatable bonds is 7. The number of aromatic nitrogens is 1. The highest BCUT2D eigenvalue weighted by Gasteiger charge is 2.33. The van der Waals surface area contributed by atoms with Crippen LogP contribution in [0, 0.1) is 5.82 Å². The van der Waals surface area contributed by atoms with Gasteiger partial charge in [-0.1, -0.05) is 26.0 Å². The molecule has 0 saturated heterocycles. The van der Waals surface area contributed by atoms with E-state index in [1.807, 2.05) is 4.72 Å². The summed E-state index contributed by atoms with van der Waals surface area (Å²) in [6.45, 7) is 4.99. The second-order valence-corrected chi connectivity index (χ2v) is 9.25. The summed E-state index contributed by atoms with van der Waals surface area (Å²) in [5.74, 6) is -1.66. The molecule has 1 aromatic heterocycles. The number of benzene rings is 1. The number of sulfonamides is 1. The third-order valence-corrected chi connectivity index (χ3v) is 4.95. The first kappa shape index (κ1) is 25.3. The molecule has 0 radical (unpaired) electrons. The molecule has 0 saturated carbocycles. The molecular formula is C21H23F4N3O3S. The van der Waals surface area contributed by atoms with Gasteiger partial charge in [-0.15, -0.1) is 0 Å². The summed E-state index contributed by atoms with van der Waals surface area (Å²) in [6.07, 6.45) is -1.15. The number of nitrogens with one attached hydrogen (secondary N) is 2. The van der Waals surface area contributed by atoms with E-state index >= 15 is 0 Å². The van der Waals surface area contributed by atoms with Gasteiger partial charge >= 0.3 is 6.18 Å². The highest BCUT2D eigenvalue weighted by atomic mass is 32.2. The van der Waals surface area contributed by atoms with E-state index in [0.717, 1.165) is 24.5 Å². The normalized spacial score (nSPS) is 13.4. The van der Waals surface area contributed by atoms with E-state index in [1.165, 1.54) is 24.3 Å². The van der Waals surface area contributed by atoms with E-state index in [-0.39, 0.29) is 17.3 Å². The van der Waals surface area contributed by atoms with Crippen LogP contribution < -0.4 is 10.0 Å². The molecule has 0 bridgehead atoms. The number of nitrogens with zero attached hydrogens (tertiary/aromatic N) is 1. The first-order valence-corrected chi connectivity index (χ1v) is 11.4. The average Bonchev–Trinajstić information content (AvgIpc) is 2.65. The lowest BCUT2D eigenvalue weighted by atomic mass is 10.0. The number of carbonyl (C=O) groups excluding carboxylic acids is 1. The van der Waals surface area contributed by atoms with Gasteiger partial charge in [-0.25, -0.2) is 17.8 Å². The fourth-order valence-electron chi connectivity index (χ4n) is 2.84. The van der Waals surface area contributed by atoms with Gasteiger partial charge in [-0.3, -0.25) is 9.52 Å². The third kappa shape index (κ3) is 7.04. The molecule has 0 spiro atoms. The minimum atomic E-state index is -4.57. The Morgan fingerprint density at radius 1 is 1.12 bits per heavy atom. The Balaban J connectivity index is 2.14. The van der Waals surface area contributed by atoms with Gasteiger partial charge in [-0.05, 0) is 48.2 Å². The average molecular weight is 473 g/mol. The molecule has 0 fully saturated rings. The van der Waals surface area contributed by atoms with Crippen LogP contribution in [0.15, 0.2) is 36.4 Å². The molecule has 32 heavy (non-hydrogen) atoms. The summed E-state index contributed by atoms with van der Waals surface area (Å²) >= 11 is 0. The van der Waals surface area contributed by atoms with E-state index in [1.54, 1.807) is 20.8 Å². The van der Waals surface area contributed by atoms with Crippen molar-refractivity contribution < 1.29 is 30.8 Å². The van der Waals surface area contributed by atoms with Gasteiger partial charge in [0.2, 0.25) is 15.9 Å². The summed E-state index contributed by atoms with van der Waals surface area (Å²) in [7, 11) is -3.64. The fourth-order valence-corrected chi connectivity index (χ4v) is 3.41. The van der Waals surface area contributed by atoms with Crippen molar-refractivity contribution in [2.24, 2.45) is 0 Å². The first-order chi connectivity index (χ1) is 14.7. The Morgan fingerprint density at radius 3 is 2.31 bits per heavy atom. The number of hydrogen-bond acceptors (Lipinski definition) is 4. The van der Waals surface area contributed by atoms with Crippen LogP contribution in [-0.2, 0) is 21.0 Å². The Kier molecular flexibility index (Phi) is 7.66. The third-order valence-electron chi connectivity index (χ3n) is 4.36. The smallest absolute Gasteiger partial charge is 0.346 e. The van der Waals surface area contributed by atoms with E-state index in [9.17, 15) is 30.8 Å². The predicted octanol–water partition coefficient (Wildman–Crippen LogP) is 4.63. The molecule has 2 rings (SSSR count). The Morgan fingerprint density at radius 2 is 1.78 bits per heavy atom. The van der Waals surface area contributed by atoms with Crippen molar-refractivity contribution in [2.75, 3.05) is 11.0 Å². The SMILES string of the molecule is CC(C)c1nc(C(F)(F)F)ccc1C=CC(=O)N[C@H](C)c1ccc(NS(C)(=O)=O)c(F)c1. The molecule has 0 aliphatic carbocycles. The molecule has 0 aliphatic rings. The number of alkyl halides is 3. The Hall–Kier alpha value is -2.95. The van der Waals surface area contributed by atoms with Gasteiger partial charge in [0.25, 0.3) is 0 Å². The lowest BCUT2D eigenvalue weighted by Gasteiger charge is -2.15. The molecule has 174 valence electrons. The number of hydrogen-bond donors (Lipinski definition) is 2. The zero-order valence-electron chi connectivity index (χ0n) is 17.8. The van der Waals surface area contributed by atoms with Crippen molar-refractivity contribution in [1.29, 1.82) is 0 Å². The quantitative estimate of drug-likeness (QED) is 0.454. The molecule has 2 N–H and O–H groups in total. The Bertz CT molecular complexity index is 1130. The van der Waals surface area contributed by atoms with E-state index < -0.39 is 39.7 Å². The summed E-state index contributed by atoms with van der Waals surface area (Å²) < 4.78 is 77.4. The van der Waals surface area contributed by atoms with Crippen molar-refractivity contribution in [2.45, 2.75) is 38.9 Å². The molecule has 2 aromatic rings. The minimum absolute atomic E-state index is 0.202. The predicted molar refractivity (Wildman–Crippen MR) is 114 cm³/mol. The van der Waals surface area contributed by atoms with Crippen LogP contribution >= 0.6 is 0 Å². The van der Waals surface area contributed by atoms with Gasteiger partial charge in [0, 0.05) is 6.08 Å². The van der Waals surface area contributed by atoms with E-state index in [0.29, 0.717) is 11.1 Å². The molecular weight excluding hydrogens is 450 g/mol. The maximum absolute atomic E-state index is 14.1. The van der Waals surface area contributed by atoms with Gasteiger partial charge in [0.1, 0.15) is 11.5 Å². The van der Waals surface area contributed by atoms with Gasteiger partial charge in [0.05, 0.1) is 23.7 Å². The number of carbonyl (C=O) groups is 1. The van der Waals surface area contributed by atoms with Crippen molar-refractivity contribution in [3.05, 3.63) is 64.7 Å². The molecule has 11 heteroatoms. The van der Waals surface area contributed by atoms with E-state index in [2.05, 4.69) is 10.3 Å². The molecule has 1 aromatic carbocycles. The lowest BCUT2D eigenvalue weighted by Crippen LogP contribution is -2.24. The standard InChI is InChI=1S/C21H23F4N3O3S/c1-12(2)20-14(6-9-18(27-20)21(23,24)25)7-10-19(29)26-13(3)15-5-8-17(16(22)11-15)28-32(4,30)31/h5-13,28H,1-4H3,(H,26,29)/t13-/m1/s1. The number of anilines is 1. The summed E-state index contributed by atoms with van der Waals surface area (Å²) in [6, 6.07) is 5.28. The molecule has 0 unspecified atom stereocenters. The second kappa shape index (κ2) is 9.68. The van der Waals surface area contributed by atoms with Gasteiger partial charge < -0.3 is 5.32 Å². The maximum atomic E-state index is 14.1. The zero-order valence-corrected chi connectivity index (χ0v) is 18.6. The van der Waals surface area contributed by atoms with Crippen molar-refractivity contribution in [3.63, 3.8) is 0 Å². The van der Waals surface area contributed by atoms with Crippen LogP contribution in [0.25, 0.3) is 6.08 Å². The molecule has 1 heterocycles. The topological polar surface area (TPSA) is 88.2 Å². The van der Waals surface area contributed by atoms with Crippen LogP contribution in [0.5, 0.6) is 0 Å². The van der Waals surface area contributed by atoms with Crippen LogP contribution in [0.2, 0.25) is 0 Å². The van der Waals surface area contributed by atoms with Crippen molar-refractivity contribution in [1.82, 2.24) is 10.3 Å².